The molecule has 0 aliphatic carbocycles. The van der Waals surface area contributed by atoms with Gasteiger partial charge in [-0.2, -0.15) is 0 Å². The van der Waals surface area contributed by atoms with Crippen LogP contribution in [0.2, 0.25) is 0 Å². The molecule has 0 N–H and O–H groups in total. The van der Waals surface area contributed by atoms with E-state index in [1.807, 2.05) is 0 Å². The quantitative estimate of drug-likeness (QED) is 0.327. The van der Waals surface area contributed by atoms with Gasteiger partial charge in [-0.1, -0.05) is 12.8 Å². The molecule has 0 amide bonds. The Bertz CT molecular complexity index is 431. The van der Waals surface area contributed by atoms with Crippen LogP contribution in [0.25, 0.3) is 0 Å². The second-order valence-corrected chi connectivity index (χ2v) is 4.13. The van der Waals surface area contributed by atoms with Crippen molar-refractivity contribution in [2.24, 2.45) is 0 Å². The second-order valence-electron chi connectivity index (χ2n) is 3.75. The lowest BCUT2D eigenvalue weighted by molar-refractivity contribution is -0.386. The third kappa shape index (κ3) is 4.19. The summed E-state index contributed by atoms with van der Waals surface area (Å²) in [6, 6.07) is 2.75. The fourth-order valence-corrected chi connectivity index (χ4v) is 1.76. The molecule has 17 heavy (non-hydrogen) atoms. The predicted octanol–water partition coefficient (Wildman–Crippen LogP) is 2.56. The molecule has 0 saturated carbocycles. The molecule has 0 aliphatic rings. The number of aromatic nitrogens is 1. The van der Waals surface area contributed by atoms with Gasteiger partial charge in [-0.05, 0) is 18.9 Å². The Labute approximate surface area is 104 Å². The summed E-state index contributed by atoms with van der Waals surface area (Å²) in [4.78, 5) is 21.6. The number of alkyl halides is 1. The van der Waals surface area contributed by atoms with E-state index < -0.39 is 10.5 Å². The Morgan fingerprint density at radius 2 is 2.00 bits per heavy atom. The zero-order valence-corrected chi connectivity index (χ0v) is 10.2. The minimum atomic E-state index is -0.646. The topological polar surface area (TPSA) is 65.1 Å². The van der Waals surface area contributed by atoms with E-state index in [2.05, 4.69) is 0 Å². The number of unbranched alkanes of at least 4 members (excludes halogenated alkanes) is 3. The van der Waals surface area contributed by atoms with Crippen LogP contribution in [0.1, 0.15) is 25.7 Å². The molecule has 94 valence electrons. The first-order valence-electron chi connectivity index (χ1n) is 5.56. The van der Waals surface area contributed by atoms with Crippen LogP contribution < -0.4 is 5.56 Å². The third-order valence-electron chi connectivity index (χ3n) is 2.48. The van der Waals surface area contributed by atoms with Crippen molar-refractivity contribution in [2.45, 2.75) is 32.2 Å². The summed E-state index contributed by atoms with van der Waals surface area (Å²) in [5.74, 6) is 0.650. The van der Waals surface area contributed by atoms with E-state index >= 15 is 0 Å². The Hall–Kier alpha value is -1.36. The van der Waals surface area contributed by atoms with E-state index in [9.17, 15) is 14.9 Å². The second kappa shape index (κ2) is 7.06. The number of halogens is 1. The molecule has 0 aliphatic heterocycles. The van der Waals surface area contributed by atoms with Crippen molar-refractivity contribution in [3.63, 3.8) is 0 Å². The Balaban J connectivity index is 2.57. The summed E-state index contributed by atoms with van der Waals surface area (Å²) in [5.41, 5.74) is -0.900. The lowest BCUT2D eigenvalue weighted by Crippen LogP contribution is -2.21. The highest BCUT2D eigenvalue weighted by Gasteiger charge is 2.12. The van der Waals surface area contributed by atoms with Gasteiger partial charge in [0.1, 0.15) is 0 Å². The number of rotatable bonds is 7. The molecule has 1 rings (SSSR count). The number of hydrogen-bond donors (Lipinski definition) is 0. The van der Waals surface area contributed by atoms with Crippen LogP contribution in [0, 0.1) is 10.1 Å². The number of nitro groups is 1. The molecule has 1 aromatic heterocycles. The van der Waals surface area contributed by atoms with Crippen LogP contribution in [0.5, 0.6) is 0 Å². The molecule has 0 unspecified atom stereocenters. The number of nitrogens with zero attached hydrogens (tertiary/aromatic N) is 2. The smallest absolute Gasteiger partial charge is 0.310 e. The fraction of sp³-hybridized carbons (Fsp3) is 0.545. The zero-order valence-electron chi connectivity index (χ0n) is 9.47. The van der Waals surface area contributed by atoms with Crippen molar-refractivity contribution in [3.8, 4) is 0 Å². The largest absolute Gasteiger partial charge is 0.334 e. The zero-order chi connectivity index (χ0) is 12.7. The Kier molecular flexibility index (Phi) is 5.69. The highest BCUT2D eigenvalue weighted by Crippen LogP contribution is 2.05. The molecule has 1 heterocycles. The number of aryl methyl sites for hydroxylation is 1. The lowest BCUT2D eigenvalue weighted by atomic mass is 10.2. The predicted molar refractivity (Wildman–Crippen MR) is 66.5 cm³/mol. The highest BCUT2D eigenvalue weighted by atomic mass is 35.5. The van der Waals surface area contributed by atoms with Gasteiger partial charge in [-0.25, -0.2) is 0 Å². The van der Waals surface area contributed by atoms with Crippen molar-refractivity contribution in [2.75, 3.05) is 5.88 Å². The first kappa shape index (κ1) is 13.7. The molecular formula is C11H15ClN2O3. The maximum Gasteiger partial charge on any atom is 0.334 e. The molecule has 0 spiro atoms. The van der Waals surface area contributed by atoms with Crippen molar-refractivity contribution >= 4 is 17.3 Å². The highest BCUT2D eigenvalue weighted by molar-refractivity contribution is 6.17. The number of pyridine rings is 1. The summed E-state index contributed by atoms with van der Waals surface area (Å²) >= 11 is 5.55. The summed E-state index contributed by atoms with van der Waals surface area (Å²) in [6.45, 7) is 0.517. The van der Waals surface area contributed by atoms with Crippen LogP contribution in [-0.4, -0.2) is 15.4 Å². The van der Waals surface area contributed by atoms with Crippen LogP contribution in [0.3, 0.4) is 0 Å². The van der Waals surface area contributed by atoms with E-state index in [0.717, 1.165) is 25.7 Å². The van der Waals surface area contributed by atoms with E-state index in [0.29, 0.717) is 12.4 Å². The minimum Gasteiger partial charge on any atom is -0.310 e. The van der Waals surface area contributed by atoms with Gasteiger partial charge in [0.15, 0.2) is 0 Å². The average molecular weight is 259 g/mol. The summed E-state index contributed by atoms with van der Waals surface area (Å²) < 4.78 is 1.39. The summed E-state index contributed by atoms with van der Waals surface area (Å²) in [5, 5.41) is 10.6. The van der Waals surface area contributed by atoms with Crippen LogP contribution >= 0.6 is 11.6 Å². The van der Waals surface area contributed by atoms with Gasteiger partial charge >= 0.3 is 11.2 Å². The maximum absolute atomic E-state index is 11.6. The third-order valence-corrected chi connectivity index (χ3v) is 2.75. The monoisotopic (exact) mass is 258 g/mol. The Morgan fingerprint density at radius 3 is 2.65 bits per heavy atom. The van der Waals surface area contributed by atoms with E-state index in [1.54, 1.807) is 6.20 Å². The molecule has 0 bridgehead atoms. The molecule has 5 nitrogen and oxygen atoms in total. The molecular weight excluding hydrogens is 244 g/mol. The first-order chi connectivity index (χ1) is 8.16. The van der Waals surface area contributed by atoms with E-state index in [4.69, 9.17) is 11.6 Å². The van der Waals surface area contributed by atoms with Gasteiger partial charge in [0.05, 0.1) is 4.92 Å². The van der Waals surface area contributed by atoms with Gasteiger partial charge < -0.3 is 4.57 Å². The molecule has 0 aromatic carbocycles. The summed E-state index contributed by atoms with van der Waals surface area (Å²) in [7, 11) is 0. The van der Waals surface area contributed by atoms with Gasteiger partial charge in [0.2, 0.25) is 0 Å². The van der Waals surface area contributed by atoms with Crippen molar-refractivity contribution in [1.29, 1.82) is 0 Å². The molecule has 0 fully saturated rings. The first-order valence-corrected chi connectivity index (χ1v) is 6.10. The fourth-order valence-electron chi connectivity index (χ4n) is 1.57. The van der Waals surface area contributed by atoms with Gasteiger partial charge in [-0.3, -0.25) is 14.9 Å². The molecule has 1 aromatic rings. The van der Waals surface area contributed by atoms with Crippen molar-refractivity contribution in [3.05, 3.63) is 38.8 Å². The maximum atomic E-state index is 11.6. The molecule has 0 radical (unpaired) electrons. The van der Waals surface area contributed by atoms with Gasteiger partial charge in [-0.15, -0.1) is 11.6 Å². The van der Waals surface area contributed by atoms with Crippen LogP contribution in [0.4, 0.5) is 5.69 Å². The van der Waals surface area contributed by atoms with Crippen molar-refractivity contribution < 1.29 is 4.92 Å². The van der Waals surface area contributed by atoms with Crippen LogP contribution in [0.15, 0.2) is 23.1 Å². The molecule has 0 atom stereocenters. The Morgan fingerprint density at radius 1 is 1.29 bits per heavy atom. The van der Waals surface area contributed by atoms with Gasteiger partial charge in [0, 0.05) is 24.7 Å². The SMILES string of the molecule is O=c1c([N+](=O)[O-])cccn1CCCCCCCl. The molecule has 6 heteroatoms. The van der Waals surface area contributed by atoms with Crippen molar-refractivity contribution in [1.82, 2.24) is 4.57 Å². The minimum absolute atomic E-state index is 0.367. The van der Waals surface area contributed by atoms with Gasteiger partial charge in [0.25, 0.3) is 0 Å². The molecule has 0 saturated heterocycles. The normalized spacial score (nSPS) is 10.4. The lowest BCUT2D eigenvalue weighted by Gasteiger charge is -2.04. The van der Waals surface area contributed by atoms with E-state index in [1.165, 1.54) is 16.7 Å². The summed E-state index contributed by atoms with van der Waals surface area (Å²) in [6.07, 6.45) is 5.37. The van der Waals surface area contributed by atoms with E-state index in [-0.39, 0.29) is 5.69 Å². The van der Waals surface area contributed by atoms with Crippen LogP contribution in [-0.2, 0) is 6.54 Å². The average Bonchev–Trinajstić information content (AvgIpc) is 2.30. The standard InChI is InChI=1S/C11H15ClN2O3/c12-7-3-1-2-4-8-13-9-5-6-10(11(13)15)14(16)17/h5-6,9H,1-4,7-8H2. The number of hydrogen-bond acceptors (Lipinski definition) is 3.